The lowest BCUT2D eigenvalue weighted by atomic mass is 10.0. The average molecular weight is 475 g/mol. The Bertz CT molecular complexity index is 1400. The summed E-state index contributed by atoms with van der Waals surface area (Å²) in [5, 5.41) is 10.0. The van der Waals surface area contributed by atoms with E-state index in [0.717, 1.165) is 45.0 Å². The molecule has 0 unspecified atom stereocenters. The molecule has 4 rings (SSSR count). The zero-order valence-corrected chi connectivity index (χ0v) is 20.4. The Hall–Kier alpha value is -3.69. The normalized spacial score (nSPS) is 10.9. The molecule has 0 spiro atoms. The lowest BCUT2D eigenvalue weighted by Crippen LogP contribution is -2.27. The van der Waals surface area contributed by atoms with Gasteiger partial charge >= 0.3 is 0 Å². The second kappa shape index (κ2) is 10.1. The van der Waals surface area contributed by atoms with Crippen molar-refractivity contribution in [1.29, 1.82) is 5.26 Å². The van der Waals surface area contributed by atoms with Gasteiger partial charge in [-0.1, -0.05) is 18.2 Å². The maximum Gasteiger partial charge on any atom is 0.157 e. The van der Waals surface area contributed by atoms with Crippen LogP contribution in [0.1, 0.15) is 22.3 Å². The number of alkyl halides is 1. The molecular weight excluding hydrogens is 448 g/mol. The molecule has 34 heavy (non-hydrogen) atoms. The molecule has 0 radical (unpaired) electrons. The number of nitriles is 1. The largest absolute Gasteiger partial charge is 0.497 e. The van der Waals surface area contributed by atoms with Crippen molar-refractivity contribution >= 4 is 34.1 Å². The zero-order chi connectivity index (χ0) is 24.2. The van der Waals surface area contributed by atoms with Crippen molar-refractivity contribution in [2.45, 2.75) is 19.9 Å². The van der Waals surface area contributed by atoms with Crippen LogP contribution in [0.3, 0.4) is 0 Å². The molecule has 2 aromatic heterocycles. The number of pyridine rings is 1. The summed E-state index contributed by atoms with van der Waals surface area (Å²) in [6.45, 7) is 7.09. The Morgan fingerprint density at radius 2 is 2.00 bits per heavy atom. The molecule has 174 valence electrons. The van der Waals surface area contributed by atoms with Crippen LogP contribution in [-0.2, 0) is 13.0 Å². The van der Waals surface area contributed by atoms with Crippen LogP contribution in [0.25, 0.3) is 16.7 Å². The Labute approximate surface area is 204 Å². The van der Waals surface area contributed by atoms with Crippen molar-refractivity contribution in [3.05, 3.63) is 77.4 Å². The van der Waals surface area contributed by atoms with Gasteiger partial charge in [-0.25, -0.2) is 4.98 Å². The molecular formula is C27H27ClN4O2. The van der Waals surface area contributed by atoms with E-state index in [0.29, 0.717) is 36.6 Å². The van der Waals surface area contributed by atoms with Crippen molar-refractivity contribution < 1.29 is 9.47 Å². The Morgan fingerprint density at radius 1 is 1.21 bits per heavy atom. The standard InChI is InChI=1S/C27H27ClN4O2/c1-5-14-31(17-19-15-20(33-3)10-11-25(19)34-4)27-21(12-13-28)18(2)22(16-29)26-30-23-8-6-7-9-24(23)32(26)27/h5-11,15H,1,12-14,17H2,2-4H3. The second-order valence-electron chi connectivity index (χ2n) is 7.96. The number of para-hydroxylation sites is 2. The highest BCUT2D eigenvalue weighted by Gasteiger charge is 2.24. The fourth-order valence-corrected chi connectivity index (χ4v) is 4.67. The number of rotatable bonds is 9. The highest BCUT2D eigenvalue weighted by atomic mass is 35.5. The van der Waals surface area contributed by atoms with Gasteiger partial charge in [0.2, 0.25) is 0 Å². The molecule has 0 amide bonds. The molecule has 0 N–H and O–H groups in total. The van der Waals surface area contributed by atoms with Gasteiger partial charge in [-0.05, 0) is 54.8 Å². The number of benzene rings is 2. The van der Waals surface area contributed by atoms with E-state index in [9.17, 15) is 5.26 Å². The van der Waals surface area contributed by atoms with Crippen LogP contribution in [0.5, 0.6) is 11.5 Å². The van der Waals surface area contributed by atoms with E-state index in [1.54, 1.807) is 14.2 Å². The van der Waals surface area contributed by atoms with Gasteiger partial charge in [0.05, 0.1) is 30.8 Å². The molecule has 4 aromatic rings. The van der Waals surface area contributed by atoms with Gasteiger partial charge in [-0.3, -0.25) is 4.40 Å². The van der Waals surface area contributed by atoms with E-state index < -0.39 is 0 Å². The molecule has 0 aliphatic carbocycles. The number of hydrogen-bond acceptors (Lipinski definition) is 5. The lowest BCUT2D eigenvalue weighted by molar-refractivity contribution is 0.398. The van der Waals surface area contributed by atoms with Crippen LogP contribution in [-0.4, -0.2) is 36.0 Å². The van der Waals surface area contributed by atoms with Crippen molar-refractivity contribution in [3.8, 4) is 17.6 Å². The van der Waals surface area contributed by atoms with Crippen molar-refractivity contribution in [1.82, 2.24) is 9.38 Å². The molecule has 0 aliphatic heterocycles. The van der Waals surface area contributed by atoms with Gasteiger partial charge in [0.25, 0.3) is 0 Å². The first-order valence-corrected chi connectivity index (χ1v) is 11.6. The third-order valence-electron chi connectivity index (χ3n) is 6.05. The van der Waals surface area contributed by atoms with E-state index in [2.05, 4.69) is 21.9 Å². The summed E-state index contributed by atoms with van der Waals surface area (Å²) in [4.78, 5) is 7.05. The van der Waals surface area contributed by atoms with Gasteiger partial charge in [0.15, 0.2) is 5.65 Å². The summed E-state index contributed by atoms with van der Waals surface area (Å²) in [6, 6.07) is 16.1. The molecule has 0 fully saturated rings. The maximum absolute atomic E-state index is 10.0. The lowest BCUT2D eigenvalue weighted by Gasteiger charge is -2.29. The van der Waals surface area contributed by atoms with Crippen LogP contribution in [0, 0.1) is 18.3 Å². The Kier molecular flexibility index (Phi) is 6.95. The number of halogens is 1. The molecule has 2 heterocycles. The average Bonchev–Trinajstić information content (AvgIpc) is 3.23. The first kappa shape index (κ1) is 23.5. The second-order valence-corrected chi connectivity index (χ2v) is 8.34. The fraction of sp³-hybridized carbons (Fsp3) is 0.259. The summed E-state index contributed by atoms with van der Waals surface area (Å²) < 4.78 is 13.2. The fourth-order valence-electron chi connectivity index (χ4n) is 4.48. The third-order valence-corrected chi connectivity index (χ3v) is 6.24. The Balaban J connectivity index is 2.05. The number of fused-ring (bicyclic) bond motifs is 3. The van der Waals surface area contributed by atoms with E-state index in [4.69, 9.17) is 26.1 Å². The van der Waals surface area contributed by atoms with Gasteiger partial charge in [-0.2, -0.15) is 5.26 Å². The molecule has 0 aliphatic rings. The monoisotopic (exact) mass is 474 g/mol. The van der Waals surface area contributed by atoms with Crippen LogP contribution >= 0.6 is 11.6 Å². The molecule has 7 heteroatoms. The first-order valence-electron chi connectivity index (χ1n) is 11.0. The quantitative estimate of drug-likeness (QED) is 0.231. The molecule has 2 aromatic carbocycles. The molecule has 0 saturated carbocycles. The Morgan fingerprint density at radius 3 is 2.68 bits per heavy atom. The first-order chi connectivity index (χ1) is 16.6. The van der Waals surface area contributed by atoms with E-state index in [1.165, 1.54) is 0 Å². The number of imidazole rings is 1. The molecule has 0 saturated heterocycles. The van der Waals surface area contributed by atoms with Crippen molar-refractivity contribution in [2.75, 3.05) is 31.5 Å². The number of aromatic nitrogens is 2. The van der Waals surface area contributed by atoms with Crippen LogP contribution in [0.15, 0.2) is 55.1 Å². The number of nitrogens with zero attached hydrogens (tertiary/aromatic N) is 4. The van der Waals surface area contributed by atoms with Gasteiger partial charge < -0.3 is 14.4 Å². The van der Waals surface area contributed by atoms with Crippen LogP contribution in [0.4, 0.5) is 5.82 Å². The SMILES string of the molecule is C=CCN(Cc1cc(OC)ccc1OC)c1c(CCCl)c(C)c(C#N)c2nc3ccccc3n12. The molecule has 0 atom stereocenters. The zero-order valence-electron chi connectivity index (χ0n) is 19.6. The van der Waals surface area contributed by atoms with E-state index in [1.807, 2.05) is 55.5 Å². The van der Waals surface area contributed by atoms with Crippen molar-refractivity contribution in [3.63, 3.8) is 0 Å². The smallest absolute Gasteiger partial charge is 0.157 e. The van der Waals surface area contributed by atoms with Crippen LogP contribution in [0.2, 0.25) is 0 Å². The number of methoxy groups -OCH3 is 2. The van der Waals surface area contributed by atoms with E-state index in [-0.39, 0.29) is 0 Å². The maximum atomic E-state index is 10.0. The summed E-state index contributed by atoms with van der Waals surface area (Å²) >= 11 is 6.27. The predicted molar refractivity (Wildman–Crippen MR) is 137 cm³/mol. The minimum atomic E-state index is 0.432. The third kappa shape index (κ3) is 4.04. The topological polar surface area (TPSA) is 62.8 Å². The highest BCUT2D eigenvalue weighted by molar-refractivity contribution is 6.18. The summed E-state index contributed by atoms with van der Waals surface area (Å²) in [5.74, 6) is 2.90. The van der Waals surface area contributed by atoms with Gasteiger partial charge in [0, 0.05) is 24.5 Å². The van der Waals surface area contributed by atoms with Crippen LogP contribution < -0.4 is 14.4 Å². The number of anilines is 1. The summed E-state index contributed by atoms with van der Waals surface area (Å²) in [6.07, 6.45) is 2.48. The van der Waals surface area contributed by atoms with Gasteiger partial charge in [0.1, 0.15) is 23.4 Å². The minimum absolute atomic E-state index is 0.432. The highest BCUT2D eigenvalue weighted by Crippen LogP contribution is 2.35. The predicted octanol–water partition coefficient (Wildman–Crippen LogP) is 5.66. The van der Waals surface area contributed by atoms with Gasteiger partial charge in [-0.15, -0.1) is 18.2 Å². The molecule has 0 bridgehead atoms. The van der Waals surface area contributed by atoms with E-state index >= 15 is 0 Å². The molecule has 6 nitrogen and oxygen atoms in total. The minimum Gasteiger partial charge on any atom is -0.497 e. The summed E-state index contributed by atoms with van der Waals surface area (Å²) in [5.41, 5.74) is 5.86. The van der Waals surface area contributed by atoms with Crippen molar-refractivity contribution in [2.24, 2.45) is 0 Å². The number of hydrogen-bond donors (Lipinski definition) is 0. The summed E-state index contributed by atoms with van der Waals surface area (Å²) in [7, 11) is 3.31. The number of ether oxygens (including phenoxy) is 2.